The van der Waals surface area contributed by atoms with Crippen LogP contribution in [-0.4, -0.2) is 28.2 Å². The lowest BCUT2D eigenvalue weighted by molar-refractivity contribution is 0.0693. The summed E-state index contributed by atoms with van der Waals surface area (Å²) in [5, 5.41) is 8.64. The molecule has 0 saturated carbocycles. The Morgan fingerprint density at radius 1 is 1.67 bits per heavy atom. The Bertz CT molecular complexity index is 313. The molecule has 0 atom stereocenters. The summed E-state index contributed by atoms with van der Waals surface area (Å²) in [5.74, 6) is -1.34. The van der Waals surface area contributed by atoms with Crippen molar-refractivity contribution in [2.75, 3.05) is 12.8 Å². The Morgan fingerprint density at radius 2 is 2.33 bits per heavy atom. The van der Waals surface area contributed by atoms with Crippen molar-refractivity contribution >= 4 is 11.8 Å². The van der Waals surface area contributed by atoms with Gasteiger partial charge >= 0.3 is 5.97 Å². The maximum atomic E-state index is 10.6. The molecule has 1 aromatic rings. The zero-order valence-electron chi connectivity index (χ0n) is 6.31. The molecule has 0 aliphatic rings. The van der Waals surface area contributed by atoms with Gasteiger partial charge in [0.25, 0.3) is 0 Å². The molecule has 64 valence electrons. The zero-order chi connectivity index (χ0) is 9.14. The van der Waals surface area contributed by atoms with Gasteiger partial charge in [-0.1, -0.05) is 0 Å². The standard InChI is InChI=1S/C6H7N3O3/c1-12-5-3(6(10)11)4(7)8-2-9-5/h2H,1H3,(H,10,11)(H2,7,8,9). The van der Waals surface area contributed by atoms with E-state index in [-0.39, 0.29) is 17.3 Å². The number of carboxylic acid groups (broad SMARTS) is 1. The number of carbonyl (C=O) groups is 1. The van der Waals surface area contributed by atoms with Crippen LogP contribution in [0.5, 0.6) is 5.88 Å². The van der Waals surface area contributed by atoms with Crippen molar-refractivity contribution in [1.29, 1.82) is 0 Å². The van der Waals surface area contributed by atoms with Crippen LogP contribution in [0.2, 0.25) is 0 Å². The van der Waals surface area contributed by atoms with Gasteiger partial charge in [0.1, 0.15) is 12.1 Å². The van der Waals surface area contributed by atoms with Crippen molar-refractivity contribution < 1.29 is 14.6 Å². The van der Waals surface area contributed by atoms with Gasteiger partial charge in [-0.25, -0.2) is 14.8 Å². The fourth-order valence-corrected chi connectivity index (χ4v) is 0.738. The van der Waals surface area contributed by atoms with E-state index in [1.165, 1.54) is 7.11 Å². The Kier molecular flexibility index (Phi) is 2.09. The molecule has 0 aliphatic heterocycles. The molecule has 12 heavy (non-hydrogen) atoms. The van der Waals surface area contributed by atoms with Gasteiger partial charge in [-0.05, 0) is 0 Å². The van der Waals surface area contributed by atoms with Gasteiger partial charge in [-0.15, -0.1) is 0 Å². The summed E-state index contributed by atoms with van der Waals surface area (Å²) in [6, 6.07) is 0. The topological polar surface area (TPSA) is 98.3 Å². The van der Waals surface area contributed by atoms with Crippen LogP contribution in [-0.2, 0) is 0 Å². The number of anilines is 1. The molecule has 0 saturated heterocycles. The van der Waals surface area contributed by atoms with Crippen LogP contribution in [0.25, 0.3) is 0 Å². The van der Waals surface area contributed by atoms with Gasteiger partial charge in [-0.3, -0.25) is 0 Å². The molecule has 0 aliphatic carbocycles. The number of hydrogen-bond acceptors (Lipinski definition) is 5. The molecule has 0 bridgehead atoms. The second-order valence-corrected chi connectivity index (χ2v) is 1.95. The van der Waals surface area contributed by atoms with E-state index in [4.69, 9.17) is 10.8 Å². The second kappa shape index (κ2) is 3.04. The van der Waals surface area contributed by atoms with Gasteiger partial charge in [0, 0.05) is 0 Å². The summed E-state index contributed by atoms with van der Waals surface area (Å²) in [6.45, 7) is 0. The van der Waals surface area contributed by atoms with Crippen molar-refractivity contribution in [2.24, 2.45) is 0 Å². The molecule has 1 heterocycles. The van der Waals surface area contributed by atoms with Crippen LogP contribution in [0.4, 0.5) is 5.82 Å². The van der Waals surface area contributed by atoms with Crippen LogP contribution in [0, 0.1) is 0 Å². The number of carboxylic acids is 1. The summed E-state index contributed by atoms with van der Waals surface area (Å²) in [6.07, 6.45) is 1.14. The summed E-state index contributed by atoms with van der Waals surface area (Å²) >= 11 is 0. The maximum absolute atomic E-state index is 10.6. The highest BCUT2D eigenvalue weighted by atomic mass is 16.5. The summed E-state index contributed by atoms with van der Waals surface area (Å²) in [7, 11) is 1.31. The first-order valence-corrected chi connectivity index (χ1v) is 3.04. The minimum atomic E-state index is -1.20. The maximum Gasteiger partial charge on any atom is 0.345 e. The molecule has 1 aromatic heterocycles. The average Bonchev–Trinajstić information content (AvgIpc) is 2.03. The lowest BCUT2D eigenvalue weighted by Crippen LogP contribution is -2.08. The van der Waals surface area contributed by atoms with Gasteiger partial charge < -0.3 is 15.6 Å². The Hall–Kier alpha value is -1.85. The molecule has 0 fully saturated rings. The SMILES string of the molecule is COc1ncnc(N)c1C(=O)O. The second-order valence-electron chi connectivity index (χ2n) is 1.95. The normalized spacial score (nSPS) is 9.42. The average molecular weight is 169 g/mol. The number of hydrogen-bond donors (Lipinski definition) is 2. The van der Waals surface area contributed by atoms with Crippen molar-refractivity contribution in [2.45, 2.75) is 0 Å². The van der Waals surface area contributed by atoms with Crippen molar-refractivity contribution in [1.82, 2.24) is 9.97 Å². The van der Waals surface area contributed by atoms with Crippen molar-refractivity contribution in [3.63, 3.8) is 0 Å². The summed E-state index contributed by atoms with van der Waals surface area (Å²) < 4.78 is 4.68. The molecule has 0 radical (unpaired) electrons. The molecular weight excluding hydrogens is 162 g/mol. The minimum Gasteiger partial charge on any atom is -0.480 e. The molecule has 0 amide bonds. The predicted molar refractivity (Wildman–Crippen MR) is 40.0 cm³/mol. The van der Waals surface area contributed by atoms with E-state index >= 15 is 0 Å². The van der Waals surface area contributed by atoms with Crippen molar-refractivity contribution in [3.05, 3.63) is 11.9 Å². The summed E-state index contributed by atoms with van der Waals surface area (Å²) in [4.78, 5) is 17.7. The van der Waals surface area contributed by atoms with E-state index < -0.39 is 5.97 Å². The number of aromatic carboxylic acids is 1. The van der Waals surface area contributed by atoms with Crippen LogP contribution in [0.3, 0.4) is 0 Å². The van der Waals surface area contributed by atoms with E-state index in [0.717, 1.165) is 6.33 Å². The van der Waals surface area contributed by atoms with Crippen LogP contribution in [0.1, 0.15) is 10.4 Å². The Labute approximate surface area is 68.0 Å². The Morgan fingerprint density at radius 3 is 2.75 bits per heavy atom. The molecule has 0 spiro atoms. The smallest absolute Gasteiger partial charge is 0.345 e. The third-order valence-corrected chi connectivity index (χ3v) is 1.25. The van der Waals surface area contributed by atoms with Gasteiger partial charge in [0.2, 0.25) is 5.88 Å². The quantitative estimate of drug-likeness (QED) is 0.634. The third kappa shape index (κ3) is 1.26. The highest BCUT2D eigenvalue weighted by Crippen LogP contribution is 2.18. The number of ether oxygens (including phenoxy) is 1. The summed E-state index contributed by atoms with van der Waals surface area (Å²) in [5.41, 5.74) is 5.08. The molecule has 3 N–H and O–H groups in total. The largest absolute Gasteiger partial charge is 0.480 e. The highest BCUT2D eigenvalue weighted by molar-refractivity contribution is 5.94. The zero-order valence-corrected chi connectivity index (χ0v) is 6.31. The molecule has 6 nitrogen and oxygen atoms in total. The molecule has 6 heteroatoms. The predicted octanol–water partition coefficient (Wildman–Crippen LogP) is -0.234. The number of methoxy groups -OCH3 is 1. The number of nitrogen functional groups attached to an aromatic ring is 1. The highest BCUT2D eigenvalue weighted by Gasteiger charge is 2.16. The minimum absolute atomic E-state index is 0.0324. The molecule has 0 unspecified atom stereocenters. The van der Waals surface area contributed by atoms with E-state index in [9.17, 15) is 4.79 Å². The van der Waals surface area contributed by atoms with Crippen LogP contribution in [0.15, 0.2) is 6.33 Å². The van der Waals surface area contributed by atoms with Gasteiger partial charge in [-0.2, -0.15) is 0 Å². The van der Waals surface area contributed by atoms with Gasteiger partial charge in [0.05, 0.1) is 7.11 Å². The van der Waals surface area contributed by atoms with Crippen LogP contribution < -0.4 is 10.5 Å². The number of nitrogens with two attached hydrogens (primary N) is 1. The molecule has 1 rings (SSSR count). The van der Waals surface area contributed by atoms with Gasteiger partial charge in [0.15, 0.2) is 5.56 Å². The monoisotopic (exact) mass is 169 g/mol. The first-order chi connectivity index (χ1) is 5.66. The van der Waals surface area contributed by atoms with Crippen LogP contribution >= 0.6 is 0 Å². The number of nitrogens with zero attached hydrogens (tertiary/aromatic N) is 2. The number of aromatic nitrogens is 2. The molecule has 0 aromatic carbocycles. The van der Waals surface area contributed by atoms with Crippen molar-refractivity contribution in [3.8, 4) is 5.88 Å². The fourth-order valence-electron chi connectivity index (χ4n) is 0.738. The van der Waals surface area contributed by atoms with E-state index in [1.54, 1.807) is 0 Å². The first-order valence-electron chi connectivity index (χ1n) is 3.04. The lowest BCUT2D eigenvalue weighted by Gasteiger charge is -2.03. The molecular formula is C6H7N3O3. The third-order valence-electron chi connectivity index (χ3n) is 1.25. The Balaban J connectivity index is 3.29. The fraction of sp³-hybridized carbons (Fsp3) is 0.167. The van der Waals surface area contributed by atoms with E-state index in [2.05, 4.69) is 14.7 Å². The van der Waals surface area contributed by atoms with E-state index in [0.29, 0.717) is 0 Å². The number of rotatable bonds is 2. The lowest BCUT2D eigenvalue weighted by atomic mass is 10.3. The van der Waals surface area contributed by atoms with E-state index in [1.807, 2.05) is 0 Å². The first kappa shape index (κ1) is 8.25.